The van der Waals surface area contributed by atoms with E-state index < -0.39 is 0 Å². The van der Waals surface area contributed by atoms with Crippen molar-refractivity contribution in [2.24, 2.45) is 0 Å². The van der Waals surface area contributed by atoms with Crippen LogP contribution in [0.5, 0.6) is 0 Å². The number of benzene rings is 2. The first-order valence-electron chi connectivity index (χ1n) is 9.63. The number of piperidine rings is 1. The van der Waals surface area contributed by atoms with Gasteiger partial charge in [0.1, 0.15) is 5.82 Å². The minimum Gasteiger partial charge on any atom is -0.342 e. The lowest BCUT2D eigenvalue weighted by molar-refractivity contribution is -0.117. The van der Waals surface area contributed by atoms with Crippen LogP contribution in [0.2, 0.25) is 0 Å². The second-order valence-electron chi connectivity index (χ2n) is 7.49. The molecule has 5 heteroatoms. The van der Waals surface area contributed by atoms with Crippen molar-refractivity contribution < 1.29 is 4.79 Å². The summed E-state index contributed by atoms with van der Waals surface area (Å²) in [6.45, 7) is 6.39. The highest BCUT2D eigenvalue weighted by atomic mass is 16.2. The van der Waals surface area contributed by atoms with Crippen LogP contribution in [0.25, 0.3) is 11.0 Å². The Kier molecular flexibility index (Phi) is 4.94. The van der Waals surface area contributed by atoms with Gasteiger partial charge in [0, 0.05) is 11.6 Å². The molecule has 0 atom stereocenters. The summed E-state index contributed by atoms with van der Waals surface area (Å²) in [5.41, 5.74) is 5.37. The molecule has 0 spiro atoms. The Morgan fingerprint density at radius 2 is 1.93 bits per heavy atom. The molecule has 1 aliphatic rings. The number of aryl methyl sites for hydroxylation is 1. The molecule has 1 fully saturated rings. The predicted molar refractivity (Wildman–Crippen MR) is 109 cm³/mol. The van der Waals surface area contributed by atoms with Crippen LogP contribution in [0.4, 0.5) is 5.69 Å². The Labute approximate surface area is 159 Å². The van der Waals surface area contributed by atoms with Gasteiger partial charge in [-0.05, 0) is 69.1 Å². The molecule has 2 aromatic carbocycles. The fourth-order valence-electron chi connectivity index (χ4n) is 3.81. The molecule has 5 nitrogen and oxygen atoms in total. The lowest BCUT2D eigenvalue weighted by Crippen LogP contribution is -2.39. The summed E-state index contributed by atoms with van der Waals surface area (Å²) in [5.74, 6) is 1.58. The van der Waals surface area contributed by atoms with E-state index >= 15 is 0 Å². The van der Waals surface area contributed by atoms with Gasteiger partial charge in [0.25, 0.3) is 0 Å². The van der Waals surface area contributed by atoms with E-state index in [1.807, 2.05) is 37.3 Å². The van der Waals surface area contributed by atoms with Crippen molar-refractivity contribution in [2.45, 2.75) is 32.6 Å². The largest absolute Gasteiger partial charge is 0.342 e. The van der Waals surface area contributed by atoms with E-state index in [-0.39, 0.29) is 5.91 Å². The maximum Gasteiger partial charge on any atom is 0.238 e. The first-order chi connectivity index (χ1) is 13.1. The maximum absolute atomic E-state index is 12.4. The van der Waals surface area contributed by atoms with Gasteiger partial charge in [0.2, 0.25) is 5.91 Å². The molecule has 1 saturated heterocycles. The molecule has 2 N–H and O–H groups in total. The first-order valence-corrected chi connectivity index (χ1v) is 9.63. The third-order valence-corrected chi connectivity index (χ3v) is 5.63. The van der Waals surface area contributed by atoms with Crippen LogP contribution in [-0.4, -0.2) is 40.4 Å². The fraction of sp³-hybridized carbons (Fsp3) is 0.364. The number of anilines is 1. The molecule has 0 aliphatic carbocycles. The maximum atomic E-state index is 12.4. The van der Waals surface area contributed by atoms with Crippen LogP contribution in [0.15, 0.2) is 42.5 Å². The summed E-state index contributed by atoms with van der Waals surface area (Å²) in [4.78, 5) is 22.9. The van der Waals surface area contributed by atoms with Crippen molar-refractivity contribution in [2.75, 3.05) is 25.0 Å². The highest BCUT2D eigenvalue weighted by Crippen LogP contribution is 2.27. The minimum absolute atomic E-state index is 0.0610. The monoisotopic (exact) mass is 362 g/mol. The number of aromatic nitrogens is 2. The van der Waals surface area contributed by atoms with Crippen LogP contribution in [-0.2, 0) is 4.79 Å². The number of hydrogen-bond acceptors (Lipinski definition) is 3. The zero-order valence-corrected chi connectivity index (χ0v) is 16.0. The Balaban J connectivity index is 1.32. The number of imidazole rings is 1. The molecule has 1 aliphatic heterocycles. The lowest BCUT2D eigenvalue weighted by atomic mass is 9.96. The van der Waals surface area contributed by atoms with Gasteiger partial charge in [-0.2, -0.15) is 0 Å². The van der Waals surface area contributed by atoms with Gasteiger partial charge in [-0.3, -0.25) is 9.69 Å². The topological polar surface area (TPSA) is 61.0 Å². The molecule has 1 aromatic heterocycles. The van der Waals surface area contributed by atoms with Gasteiger partial charge >= 0.3 is 0 Å². The Bertz CT molecular complexity index is 921. The number of aromatic amines is 1. The smallest absolute Gasteiger partial charge is 0.238 e. The second kappa shape index (κ2) is 7.53. The van der Waals surface area contributed by atoms with Crippen LogP contribution in [0, 0.1) is 13.8 Å². The number of para-hydroxylation sites is 2. The molecule has 3 aromatic rings. The molecular weight excluding hydrogens is 336 g/mol. The first kappa shape index (κ1) is 17.7. The molecule has 4 rings (SSSR count). The zero-order valence-electron chi connectivity index (χ0n) is 16.0. The van der Waals surface area contributed by atoms with Crippen molar-refractivity contribution in [1.29, 1.82) is 0 Å². The van der Waals surface area contributed by atoms with Crippen LogP contribution in [0.1, 0.15) is 35.7 Å². The lowest BCUT2D eigenvalue weighted by Gasteiger charge is -2.30. The molecule has 0 unspecified atom stereocenters. The van der Waals surface area contributed by atoms with Crippen molar-refractivity contribution in [1.82, 2.24) is 14.9 Å². The number of hydrogen-bond donors (Lipinski definition) is 2. The van der Waals surface area contributed by atoms with E-state index in [9.17, 15) is 4.79 Å². The quantitative estimate of drug-likeness (QED) is 0.737. The molecule has 0 saturated carbocycles. The molecule has 2 heterocycles. The van der Waals surface area contributed by atoms with E-state index in [0.29, 0.717) is 12.5 Å². The number of likely N-dealkylation sites (tertiary alicyclic amines) is 1. The third-order valence-electron chi connectivity index (χ3n) is 5.63. The van der Waals surface area contributed by atoms with Gasteiger partial charge in [0.15, 0.2) is 0 Å². The number of nitrogens with one attached hydrogen (secondary N) is 2. The standard InChI is InChI=1S/C22H26N4O/c1-15-6-5-9-18(16(15)2)23-21(27)14-26-12-10-17(11-13-26)22-24-19-7-3-4-8-20(19)25-22/h3-9,17H,10-14H2,1-2H3,(H,23,27)(H,24,25). The molecular formula is C22H26N4O. The number of fused-ring (bicyclic) bond motifs is 1. The second-order valence-corrected chi connectivity index (χ2v) is 7.49. The average molecular weight is 362 g/mol. The fourth-order valence-corrected chi connectivity index (χ4v) is 3.81. The number of H-pyrrole nitrogens is 1. The normalized spacial score (nSPS) is 15.9. The Morgan fingerprint density at radius 1 is 1.15 bits per heavy atom. The number of rotatable bonds is 4. The Morgan fingerprint density at radius 3 is 2.70 bits per heavy atom. The van der Waals surface area contributed by atoms with Crippen LogP contribution in [0.3, 0.4) is 0 Å². The van der Waals surface area contributed by atoms with Crippen LogP contribution >= 0.6 is 0 Å². The molecule has 140 valence electrons. The SMILES string of the molecule is Cc1cccc(NC(=O)CN2CCC(c3nc4ccccc4[nH]3)CC2)c1C. The van der Waals surface area contributed by atoms with E-state index in [2.05, 4.69) is 34.3 Å². The summed E-state index contributed by atoms with van der Waals surface area (Å²) >= 11 is 0. The highest BCUT2D eigenvalue weighted by molar-refractivity contribution is 5.93. The molecule has 27 heavy (non-hydrogen) atoms. The summed E-state index contributed by atoms with van der Waals surface area (Å²) in [6, 6.07) is 14.2. The number of nitrogens with zero attached hydrogens (tertiary/aromatic N) is 2. The van der Waals surface area contributed by atoms with Gasteiger partial charge in [-0.1, -0.05) is 24.3 Å². The van der Waals surface area contributed by atoms with Gasteiger partial charge in [-0.25, -0.2) is 4.98 Å². The number of carbonyl (C=O) groups excluding carboxylic acids is 1. The van der Waals surface area contributed by atoms with E-state index in [1.165, 1.54) is 5.56 Å². The van der Waals surface area contributed by atoms with Gasteiger partial charge in [0.05, 0.1) is 17.6 Å². The highest BCUT2D eigenvalue weighted by Gasteiger charge is 2.24. The predicted octanol–water partition coefficient (Wildman–Crippen LogP) is 4.00. The van der Waals surface area contributed by atoms with E-state index in [0.717, 1.165) is 54.0 Å². The molecule has 0 bridgehead atoms. The summed E-state index contributed by atoms with van der Waals surface area (Å²) in [5, 5.41) is 3.06. The van der Waals surface area contributed by atoms with Crippen LogP contribution < -0.4 is 5.32 Å². The minimum atomic E-state index is 0.0610. The van der Waals surface area contributed by atoms with Crippen molar-refractivity contribution in [3.05, 3.63) is 59.4 Å². The van der Waals surface area contributed by atoms with E-state index in [4.69, 9.17) is 4.98 Å². The summed E-state index contributed by atoms with van der Waals surface area (Å²) in [6.07, 6.45) is 2.05. The number of amides is 1. The molecule has 1 amide bonds. The average Bonchev–Trinajstić information content (AvgIpc) is 3.10. The Hall–Kier alpha value is -2.66. The van der Waals surface area contributed by atoms with Crippen molar-refractivity contribution >= 4 is 22.6 Å². The summed E-state index contributed by atoms with van der Waals surface area (Å²) < 4.78 is 0. The zero-order chi connectivity index (χ0) is 18.8. The summed E-state index contributed by atoms with van der Waals surface area (Å²) in [7, 11) is 0. The molecule has 0 radical (unpaired) electrons. The van der Waals surface area contributed by atoms with Gasteiger partial charge < -0.3 is 10.3 Å². The van der Waals surface area contributed by atoms with Crippen molar-refractivity contribution in [3.63, 3.8) is 0 Å². The van der Waals surface area contributed by atoms with Crippen molar-refractivity contribution in [3.8, 4) is 0 Å². The van der Waals surface area contributed by atoms with E-state index in [1.54, 1.807) is 0 Å². The van der Waals surface area contributed by atoms with Gasteiger partial charge in [-0.15, -0.1) is 0 Å². The third kappa shape index (κ3) is 3.88. The number of carbonyl (C=O) groups is 1.